The van der Waals surface area contributed by atoms with Crippen molar-refractivity contribution in [1.29, 1.82) is 0 Å². The molecule has 1 heterocycles. The molecule has 0 amide bonds. The second-order valence-electron chi connectivity index (χ2n) is 6.14. The highest BCUT2D eigenvalue weighted by molar-refractivity contribution is 6.31. The maximum Gasteiger partial charge on any atom is 0.0712 e. The van der Waals surface area contributed by atoms with Crippen LogP contribution in [0.15, 0.2) is 18.2 Å². The van der Waals surface area contributed by atoms with E-state index in [9.17, 15) is 0 Å². The van der Waals surface area contributed by atoms with E-state index in [0.717, 1.165) is 29.0 Å². The summed E-state index contributed by atoms with van der Waals surface area (Å²) in [4.78, 5) is 2.50. The van der Waals surface area contributed by atoms with Gasteiger partial charge in [-0.1, -0.05) is 37.6 Å². The second kappa shape index (κ2) is 6.47. The number of alkyl halides is 1. The number of hydrogen-bond acceptors (Lipinski definition) is 1. The molecule has 1 aromatic carbocycles. The summed E-state index contributed by atoms with van der Waals surface area (Å²) in [7, 11) is 0. The van der Waals surface area contributed by atoms with E-state index in [0.29, 0.717) is 0 Å². The molecular formula is C16H23Cl2N. The number of halogens is 2. The minimum Gasteiger partial charge on any atom is -0.301 e. The van der Waals surface area contributed by atoms with Gasteiger partial charge in [-0.3, -0.25) is 0 Å². The first-order valence-corrected chi connectivity index (χ1v) is 7.89. The fourth-order valence-electron chi connectivity index (χ4n) is 3.14. The molecule has 19 heavy (non-hydrogen) atoms. The van der Waals surface area contributed by atoms with Crippen molar-refractivity contribution in [2.24, 2.45) is 11.8 Å². The van der Waals surface area contributed by atoms with Gasteiger partial charge in [-0.2, -0.15) is 0 Å². The Morgan fingerprint density at radius 3 is 2.47 bits per heavy atom. The van der Waals surface area contributed by atoms with Crippen molar-refractivity contribution in [3.8, 4) is 0 Å². The summed E-state index contributed by atoms with van der Waals surface area (Å²) in [6.07, 6.45) is 1.34. The Labute approximate surface area is 126 Å². The molecule has 0 N–H and O–H groups in total. The maximum absolute atomic E-state index is 6.57. The molecule has 0 spiro atoms. The van der Waals surface area contributed by atoms with Gasteiger partial charge in [-0.05, 0) is 42.4 Å². The zero-order chi connectivity index (χ0) is 14.0. The number of likely N-dealkylation sites (tertiary alicyclic amines) is 1. The van der Waals surface area contributed by atoms with Gasteiger partial charge in [-0.15, -0.1) is 11.6 Å². The summed E-state index contributed by atoms with van der Waals surface area (Å²) in [6.45, 7) is 9.95. The predicted octanol–water partition coefficient (Wildman–Crippen LogP) is 4.91. The van der Waals surface area contributed by atoms with E-state index in [2.05, 4.69) is 24.8 Å². The molecule has 106 valence electrons. The Hall–Kier alpha value is -0.240. The second-order valence-corrected chi connectivity index (χ2v) is 7.07. The van der Waals surface area contributed by atoms with Crippen LogP contribution in [0.5, 0.6) is 0 Å². The van der Waals surface area contributed by atoms with Crippen LogP contribution in [0, 0.1) is 18.8 Å². The van der Waals surface area contributed by atoms with Crippen LogP contribution in [0.25, 0.3) is 0 Å². The Morgan fingerprint density at radius 1 is 1.26 bits per heavy atom. The summed E-state index contributed by atoms with van der Waals surface area (Å²) >= 11 is 12.6. The third kappa shape index (κ3) is 4.11. The number of aryl methyl sites for hydroxylation is 1. The third-order valence-electron chi connectivity index (χ3n) is 3.91. The van der Waals surface area contributed by atoms with Crippen LogP contribution in [-0.2, 0) is 0 Å². The molecule has 3 heteroatoms. The van der Waals surface area contributed by atoms with Gasteiger partial charge < -0.3 is 4.90 Å². The lowest BCUT2D eigenvalue weighted by atomic mass is 9.91. The highest BCUT2D eigenvalue weighted by atomic mass is 35.5. The molecule has 0 bridgehead atoms. The summed E-state index contributed by atoms with van der Waals surface area (Å²) in [5.41, 5.74) is 2.28. The summed E-state index contributed by atoms with van der Waals surface area (Å²) in [6, 6.07) is 6.10. The quantitative estimate of drug-likeness (QED) is 0.717. The molecule has 0 saturated carbocycles. The number of rotatable bonds is 3. The summed E-state index contributed by atoms with van der Waals surface area (Å²) in [5.74, 6) is 1.55. The van der Waals surface area contributed by atoms with Crippen LogP contribution < -0.4 is 0 Å². The van der Waals surface area contributed by atoms with Crippen LogP contribution in [0.2, 0.25) is 5.02 Å². The molecule has 0 radical (unpaired) electrons. The van der Waals surface area contributed by atoms with Crippen LogP contribution >= 0.6 is 23.2 Å². The van der Waals surface area contributed by atoms with Gasteiger partial charge in [0, 0.05) is 24.7 Å². The minimum absolute atomic E-state index is 0.0495. The molecule has 3 unspecified atom stereocenters. The van der Waals surface area contributed by atoms with Crippen molar-refractivity contribution >= 4 is 23.2 Å². The van der Waals surface area contributed by atoms with E-state index >= 15 is 0 Å². The molecule has 1 saturated heterocycles. The fraction of sp³-hybridized carbons (Fsp3) is 0.625. The molecule has 1 nitrogen and oxygen atoms in total. The monoisotopic (exact) mass is 299 g/mol. The lowest BCUT2D eigenvalue weighted by Gasteiger charge is -2.36. The standard InChI is InChI=1S/C16H23Cl2N/c1-11-6-12(2)9-19(8-11)10-16(18)14-4-5-15(17)13(3)7-14/h4-5,7,11-12,16H,6,8-10H2,1-3H3. The smallest absolute Gasteiger partial charge is 0.0712 e. The zero-order valence-electron chi connectivity index (χ0n) is 12.0. The van der Waals surface area contributed by atoms with Crippen molar-refractivity contribution in [3.63, 3.8) is 0 Å². The van der Waals surface area contributed by atoms with Crippen molar-refractivity contribution in [2.75, 3.05) is 19.6 Å². The van der Waals surface area contributed by atoms with Crippen molar-refractivity contribution in [1.82, 2.24) is 4.90 Å². The number of nitrogens with zero attached hydrogens (tertiary/aromatic N) is 1. The first-order chi connectivity index (χ1) is 8.95. The molecular weight excluding hydrogens is 277 g/mol. The maximum atomic E-state index is 6.57. The first kappa shape index (κ1) is 15.2. The van der Waals surface area contributed by atoms with Crippen LogP contribution in [-0.4, -0.2) is 24.5 Å². The van der Waals surface area contributed by atoms with E-state index in [4.69, 9.17) is 23.2 Å². The van der Waals surface area contributed by atoms with Gasteiger partial charge in [-0.25, -0.2) is 0 Å². The molecule has 1 aliphatic heterocycles. The lowest BCUT2D eigenvalue weighted by Crippen LogP contribution is -2.40. The molecule has 2 rings (SSSR count). The fourth-order valence-corrected chi connectivity index (χ4v) is 3.58. The van der Waals surface area contributed by atoms with Gasteiger partial charge in [0.15, 0.2) is 0 Å². The number of piperidine rings is 1. The van der Waals surface area contributed by atoms with Gasteiger partial charge in [0.2, 0.25) is 0 Å². The van der Waals surface area contributed by atoms with Gasteiger partial charge in [0.1, 0.15) is 0 Å². The van der Waals surface area contributed by atoms with Crippen molar-refractivity contribution in [3.05, 3.63) is 34.3 Å². The van der Waals surface area contributed by atoms with Crippen LogP contribution in [0.4, 0.5) is 0 Å². The topological polar surface area (TPSA) is 3.24 Å². The summed E-state index contributed by atoms with van der Waals surface area (Å²) < 4.78 is 0. The van der Waals surface area contributed by atoms with Gasteiger partial charge >= 0.3 is 0 Å². The average molecular weight is 300 g/mol. The molecule has 1 fully saturated rings. The third-order valence-corrected chi connectivity index (χ3v) is 4.72. The van der Waals surface area contributed by atoms with Crippen molar-refractivity contribution < 1.29 is 0 Å². The summed E-state index contributed by atoms with van der Waals surface area (Å²) in [5, 5.41) is 0.862. The highest BCUT2D eigenvalue weighted by Gasteiger charge is 2.23. The number of benzene rings is 1. The predicted molar refractivity (Wildman–Crippen MR) is 84.2 cm³/mol. The SMILES string of the molecule is Cc1cc(C(Cl)CN2CC(C)CC(C)C2)ccc1Cl. The molecule has 1 aromatic rings. The normalized spacial score (nSPS) is 26.4. The van der Waals surface area contributed by atoms with E-state index in [1.54, 1.807) is 0 Å². The van der Waals surface area contributed by atoms with Crippen LogP contribution in [0.3, 0.4) is 0 Å². The largest absolute Gasteiger partial charge is 0.301 e. The van der Waals surface area contributed by atoms with E-state index in [1.165, 1.54) is 25.1 Å². The van der Waals surface area contributed by atoms with Gasteiger partial charge in [0.05, 0.1) is 5.38 Å². The van der Waals surface area contributed by atoms with Crippen LogP contribution in [0.1, 0.15) is 36.8 Å². The van der Waals surface area contributed by atoms with Gasteiger partial charge in [0.25, 0.3) is 0 Å². The average Bonchev–Trinajstić information content (AvgIpc) is 2.31. The Bertz CT molecular complexity index is 423. The first-order valence-electron chi connectivity index (χ1n) is 7.08. The van der Waals surface area contributed by atoms with E-state index in [1.807, 2.05) is 19.1 Å². The van der Waals surface area contributed by atoms with Crippen molar-refractivity contribution in [2.45, 2.75) is 32.6 Å². The zero-order valence-corrected chi connectivity index (χ0v) is 13.5. The van der Waals surface area contributed by atoms with E-state index in [-0.39, 0.29) is 5.38 Å². The number of hydrogen-bond donors (Lipinski definition) is 0. The Balaban J connectivity index is 2.00. The minimum atomic E-state index is 0.0495. The molecule has 0 aliphatic carbocycles. The lowest BCUT2D eigenvalue weighted by molar-refractivity contribution is 0.141. The molecule has 0 aromatic heterocycles. The van der Waals surface area contributed by atoms with E-state index < -0.39 is 0 Å². The molecule has 3 atom stereocenters. The highest BCUT2D eigenvalue weighted by Crippen LogP contribution is 2.28. The Kier molecular flexibility index (Phi) is 5.16. The molecule has 1 aliphatic rings. The Morgan fingerprint density at radius 2 is 1.89 bits per heavy atom.